The minimum Gasteiger partial charge on any atom is -0.369 e. The largest absolute Gasteiger partial charge is 0.369 e. The van der Waals surface area contributed by atoms with Gasteiger partial charge in [0.15, 0.2) is 0 Å². The zero-order valence-corrected chi connectivity index (χ0v) is 12.6. The van der Waals surface area contributed by atoms with Crippen molar-refractivity contribution in [1.29, 1.82) is 0 Å². The van der Waals surface area contributed by atoms with Crippen molar-refractivity contribution >= 4 is 5.82 Å². The summed E-state index contributed by atoms with van der Waals surface area (Å²) < 4.78 is 2.13. The van der Waals surface area contributed by atoms with Crippen molar-refractivity contribution < 1.29 is 0 Å². The van der Waals surface area contributed by atoms with Gasteiger partial charge in [-0.1, -0.05) is 45.4 Å². The summed E-state index contributed by atoms with van der Waals surface area (Å²) in [7, 11) is 0. The smallest absolute Gasteiger partial charge is 0.133 e. The Morgan fingerprint density at radius 3 is 2.85 bits per heavy atom. The first kappa shape index (κ1) is 13.2. The van der Waals surface area contributed by atoms with Crippen LogP contribution in [0.1, 0.15) is 49.9 Å². The lowest BCUT2D eigenvalue weighted by atomic mass is 10.0. The normalized spacial score (nSPS) is 13.6. The molecular weight excluding hydrogens is 246 g/mol. The van der Waals surface area contributed by atoms with E-state index in [-0.39, 0.29) is 0 Å². The standard InChI is InChI=1S/C17H23N3/c1-4-7-15-14-10-11-18-17(14)20(19-15)16-9-6-5-8-13(16)12(2)3/h5-6,8-9,12,18H,4,7,10-11H2,1-3H3. The third kappa shape index (κ3) is 2.11. The quantitative estimate of drug-likeness (QED) is 0.911. The first-order valence-electron chi connectivity index (χ1n) is 7.66. The van der Waals surface area contributed by atoms with Crippen LogP contribution in [0.4, 0.5) is 5.82 Å². The predicted octanol–water partition coefficient (Wildman–Crippen LogP) is 3.92. The van der Waals surface area contributed by atoms with E-state index < -0.39 is 0 Å². The van der Waals surface area contributed by atoms with Crippen molar-refractivity contribution in [2.24, 2.45) is 0 Å². The highest BCUT2D eigenvalue weighted by Crippen LogP contribution is 2.32. The number of aromatic nitrogens is 2. The SMILES string of the molecule is CCCc1nn(-c2ccccc2C(C)C)c2c1CCN2. The Morgan fingerprint density at radius 2 is 2.10 bits per heavy atom. The van der Waals surface area contributed by atoms with Gasteiger partial charge in [-0.15, -0.1) is 0 Å². The van der Waals surface area contributed by atoms with E-state index >= 15 is 0 Å². The Labute approximate surface area is 121 Å². The van der Waals surface area contributed by atoms with E-state index in [1.807, 2.05) is 0 Å². The summed E-state index contributed by atoms with van der Waals surface area (Å²) in [6.07, 6.45) is 3.32. The summed E-state index contributed by atoms with van der Waals surface area (Å²) in [5.41, 5.74) is 5.27. The number of hydrogen-bond acceptors (Lipinski definition) is 2. The summed E-state index contributed by atoms with van der Waals surface area (Å²) in [6, 6.07) is 8.60. The minimum atomic E-state index is 0.502. The molecule has 2 heterocycles. The van der Waals surface area contributed by atoms with Crippen LogP contribution in [-0.2, 0) is 12.8 Å². The molecule has 0 saturated carbocycles. The lowest BCUT2D eigenvalue weighted by molar-refractivity contribution is 0.774. The van der Waals surface area contributed by atoms with Gasteiger partial charge in [-0.3, -0.25) is 0 Å². The molecule has 0 unspecified atom stereocenters. The van der Waals surface area contributed by atoms with E-state index in [0.29, 0.717) is 5.92 Å². The van der Waals surface area contributed by atoms with Gasteiger partial charge in [0.05, 0.1) is 11.4 Å². The van der Waals surface area contributed by atoms with Crippen molar-refractivity contribution in [3.63, 3.8) is 0 Å². The average molecular weight is 269 g/mol. The van der Waals surface area contributed by atoms with Gasteiger partial charge in [0.1, 0.15) is 5.82 Å². The van der Waals surface area contributed by atoms with E-state index in [9.17, 15) is 0 Å². The second-order valence-corrected chi connectivity index (χ2v) is 5.83. The topological polar surface area (TPSA) is 29.9 Å². The van der Waals surface area contributed by atoms with E-state index in [1.54, 1.807) is 0 Å². The van der Waals surface area contributed by atoms with E-state index in [0.717, 1.165) is 25.8 Å². The summed E-state index contributed by atoms with van der Waals surface area (Å²) in [5, 5.41) is 8.40. The molecule has 3 nitrogen and oxygen atoms in total. The summed E-state index contributed by atoms with van der Waals surface area (Å²) in [5.74, 6) is 1.71. The van der Waals surface area contributed by atoms with Crippen LogP contribution in [0.15, 0.2) is 24.3 Å². The van der Waals surface area contributed by atoms with Crippen LogP contribution in [0.25, 0.3) is 5.69 Å². The first-order valence-corrected chi connectivity index (χ1v) is 7.66. The Kier molecular flexibility index (Phi) is 3.51. The van der Waals surface area contributed by atoms with Gasteiger partial charge >= 0.3 is 0 Å². The lowest BCUT2D eigenvalue weighted by Crippen LogP contribution is -2.07. The molecule has 3 rings (SSSR count). The van der Waals surface area contributed by atoms with Crippen molar-refractivity contribution in [2.75, 3.05) is 11.9 Å². The van der Waals surface area contributed by atoms with Crippen molar-refractivity contribution in [1.82, 2.24) is 9.78 Å². The molecule has 0 fully saturated rings. The number of anilines is 1. The highest BCUT2D eigenvalue weighted by atomic mass is 15.3. The maximum Gasteiger partial charge on any atom is 0.133 e. The molecular formula is C17H23N3. The first-order chi connectivity index (χ1) is 9.72. The third-order valence-electron chi connectivity index (χ3n) is 4.01. The zero-order valence-electron chi connectivity index (χ0n) is 12.6. The molecule has 0 saturated heterocycles. The Bertz CT molecular complexity index is 611. The van der Waals surface area contributed by atoms with Crippen LogP contribution >= 0.6 is 0 Å². The fourth-order valence-electron chi connectivity index (χ4n) is 3.03. The average Bonchev–Trinajstić information content (AvgIpc) is 3.03. The molecule has 1 N–H and O–H groups in total. The van der Waals surface area contributed by atoms with Gasteiger partial charge in [0, 0.05) is 12.1 Å². The molecule has 1 aliphatic rings. The number of benzene rings is 1. The third-order valence-corrected chi connectivity index (χ3v) is 4.01. The Hall–Kier alpha value is -1.77. The number of hydrogen-bond donors (Lipinski definition) is 1. The molecule has 0 aliphatic carbocycles. The van der Waals surface area contributed by atoms with E-state index in [4.69, 9.17) is 5.10 Å². The predicted molar refractivity (Wildman–Crippen MR) is 83.8 cm³/mol. The minimum absolute atomic E-state index is 0.502. The number of fused-ring (bicyclic) bond motifs is 1. The van der Waals surface area contributed by atoms with Gasteiger partial charge in [0.2, 0.25) is 0 Å². The molecule has 20 heavy (non-hydrogen) atoms. The van der Waals surface area contributed by atoms with Gasteiger partial charge in [-0.25, -0.2) is 4.68 Å². The van der Waals surface area contributed by atoms with E-state index in [1.165, 1.54) is 28.3 Å². The van der Waals surface area contributed by atoms with Crippen LogP contribution in [0.3, 0.4) is 0 Å². The highest BCUT2D eigenvalue weighted by molar-refractivity contribution is 5.58. The number of aryl methyl sites for hydroxylation is 1. The maximum absolute atomic E-state index is 4.89. The number of para-hydroxylation sites is 1. The van der Waals surface area contributed by atoms with Crippen LogP contribution in [-0.4, -0.2) is 16.3 Å². The van der Waals surface area contributed by atoms with E-state index in [2.05, 4.69) is 55.0 Å². The van der Waals surface area contributed by atoms with Crippen molar-refractivity contribution in [3.8, 4) is 5.69 Å². The molecule has 0 radical (unpaired) electrons. The number of nitrogens with one attached hydrogen (secondary N) is 1. The Balaban J connectivity index is 2.14. The van der Waals surface area contributed by atoms with Gasteiger partial charge in [-0.05, 0) is 30.4 Å². The fraction of sp³-hybridized carbons (Fsp3) is 0.471. The van der Waals surface area contributed by atoms with Crippen molar-refractivity contribution in [3.05, 3.63) is 41.1 Å². The van der Waals surface area contributed by atoms with Crippen LogP contribution in [0.2, 0.25) is 0 Å². The molecule has 3 heteroatoms. The summed E-state index contributed by atoms with van der Waals surface area (Å²) >= 11 is 0. The fourth-order valence-corrected chi connectivity index (χ4v) is 3.03. The van der Waals surface area contributed by atoms with Gasteiger partial charge < -0.3 is 5.32 Å². The number of nitrogens with zero attached hydrogens (tertiary/aromatic N) is 2. The maximum atomic E-state index is 4.89. The van der Waals surface area contributed by atoms with Crippen molar-refractivity contribution in [2.45, 2.75) is 46.0 Å². The molecule has 1 aromatic carbocycles. The number of rotatable bonds is 4. The van der Waals surface area contributed by atoms with Crippen LogP contribution in [0.5, 0.6) is 0 Å². The lowest BCUT2D eigenvalue weighted by Gasteiger charge is -2.14. The molecule has 106 valence electrons. The molecule has 2 aromatic rings. The summed E-state index contributed by atoms with van der Waals surface area (Å²) in [4.78, 5) is 0. The molecule has 0 spiro atoms. The molecule has 0 atom stereocenters. The van der Waals surface area contributed by atoms with Crippen LogP contribution < -0.4 is 5.32 Å². The second kappa shape index (κ2) is 5.31. The second-order valence-electron chi connectivity index (χ2n) is 5.83. The van der Waals surface area contributed by atoms with Gasteiger partial charge in [-0.2, -0.15) is 5.10 Å². The van der Waals surface area contributed by atoms with Crippen LogP contribution in [0, 0.1) is 0 Å². The molecule has 1 aromatic heterocycles. The summed E-state index contributed by atoms with van der Waals surface area (Å²) in [6.45, 7) is 7.73. The highest BCUT2D eigenvalue weighted by Gasteiger charge is 2.23. The molecule has 1 aliphatic heterocycles. The van der Waals surface area contributed by atoms with Gasteiger partial charge in [0.25, 0.3) is 0 Å². The Morgan fingerprint density at radius 1 is 1.30 bits per heavy atom. The molecule has 0 amide bonds. The zero-order chi connectivity index (χ0) is 14.1. The molecule has 0 bridgehead atoms. The monoisotopic (exact) mass is 269 g/mol.